The van der Waals surface area contributed by atoms with E-state index in [-0.39, 0.29) is 5.02 Å². The summed E-state index contributed by atoms with van der Waals surface area (Å²) < 4.78 is 14.9. The Labute approximate surface area is 110 Å². The van der Waals surface area contributed by atoms with Gasteiger partial charge in [0.25, 0.3) is 0 Å². The standard InChI is InChI=1S/C13H14ClFN2O/c1-2-17-8-16-7-12(17)13(18)6-9-3-4-11(15)10(14)5-9/h3-5,7-8,13,18H,2,6H2,1H3. The molecule has 1 heterocycles. The van der Waals surface area contributed by atoms with Crippen LogP contribution in [0.25, 0.3) is 0 Å². The van der Waals surface area contributed by atoms with Gasteiger partial charge in [0, 0.05) is 13.0 Å². The Balaban J connectivity index is 2.16. The molecular formula is C13H14ClFN2O. The normalized spacial score (nSPS) is 12.7. The largest absolute Gasteiger partial charge is 0.386 e. The van der Waals surface area contributed by atoms with Crippen molar-refractivity contribution in [3.8, 4) is 0 Å². The van der Waals surface area contributed by atoms with Gasteiger partial charge in [-0.05, 0) is 24.6 Å². The molecule has 96 valence electrons. The monoisotopic (exact) mass is 268 g/mol. The van der Waals surface area contributed by atoms with E-state index < -0.39 is 11.9 Å². The van der Waals surface area contributed by atoms with E-state index in [1.807, 2.05) is 11.5 Å². The number of aromatic nitrogens is 2. The molecule has 1 atom stereocenters. The summed E-state index contributed by atoms with van der Waals surface area (Å²) in [5.41, 5.74) is 1.54. The molecule has 1 unspecified atom stereocenters. The highest BCUT2D eigenvalue weighted by atomic mass is 35.5. The Morgan fingerprint density at radius 3 is 2.94 bits per heavy atom. The molecule has 0 bridgehead atoms. The van der Waals surface area contributed by atoms with Gasteiger partial charge in [0.1, 0.15) is 5.82 Å². The van der Waals surface area contributed by atoms with E-state index in [2.05, 4.69) is 4.98 Å². The van der Waals surface area contributed by atoms with Crippen LogP contribution >= 0.6 is 11.6 Å². The van der Waals surface area contributed by atoms with Gasteiger partial charge in [-0.15, -0.1) is 0 Å². The number of aryl methyl sites for hydroxylation is 1. The average Bonchev–Trinajstić information content (AvgIpc) is 2.82. The van der Waals surface area contributed by atoms with Crippen LogP contribution in [0.1, 0.15) is 24.3 Å². The fourth-order valence-electron chi connectivity index (χ4n) is 1.87. The fourth-order valence-corrected chi connectivity index (χ4v) is 2.07. The van der Waals surface area contributed by atoms with Crippen molar-refractivity contribution in [2.45, 2.75) is 26.0 Å². The van der Waals surface area contributed by atoms with E-state index in [1.165, 1.54) is 12.1 Å². The Hall–Kier alpha value is -1.39. The van der Waals surface area contributed by atoms with Crippen LogP contribution in [0.4, 0.5) is 4.39 Å². The van der Waals surface area contributed by atoms with Crippen LogP contribution in [-0.4, -0.2) is 14.7 Å². The smallest absolute Gasteiger partial charge is 0.141 e. The summed E-state index contributed by atoms with van der Waals surface area (Å²) in [7, 11) is 0. The first-order chi connectivity index (χ1) is 8.61. The minimum Gasteiger partial charge on any atom is -0.386 e. The van der Waals surface area contributed by atoms with Crippen LogP contribution in [0.2, 0.25) is 5.02 Å². The van der Waals surface area contributed by atoms with E-state index in [0.29, 0.717) is 6.42 Å². The van der Waals surface area contributed by atoms with Gasteiger partial charge in [-0.25, -0.2) is 9.37 Å². The summed E-state index contributed by atoms with van der Waals surface area (Å²) in [5, 5.41) is 10.2. The number of benzene rings is 1. The predicted molar refractivity (Wildman–Crippen MR) is 68.0 cm³/mol. The first kappa shape index (κ1) is 13.1. The molecule has 18 heavy (non-hydrogen) atoms. The molecule has 0 aliphatic rings. The summed E-state index contributed by atoms with van der Waals surface area (Å²) >= 11 is 5.71. The van der Waals surface area contributed by atoms with E-state index in [4.69, 9.17) is 11.6 Å². The number of rotatable bonds is 4. The number of hydrogen-bond donors (Lipinski definition) is 1. The second-order valence-corrected chi connectivity index (χ2v) is 4.48. The van der Waals surface area contributed by atoms with Crippen LogP contribution in [0.3, 0.4) is 0 Å². The van der Waals surface area contributed by atoms with Crippen LogP contribution < -0.4 is 0 Å². The summed E-state index contributed by atoms with van der Waals surface area (Å²) in [6, 6.07) is 4.46. The molecule has 0 spiro atoms. The van der Waals surface area contributed by atoms with Gasteiger partial charge >= 0.3 is 0 Å². The highest BCUT2D eigenvalue weighted by Gasteiger charge is 2.13. The average molecular weight is 269 g/mol. The van der Waals surface area contributed by atoms with E-state index in [1.54, 1.807) is 18.6 Å². The molecule has 0 radical (unpaired) electrons. The van der Waals surface area contributed by atoms with Crippen molar-refractivity contribution in [3.05, 3.63) is 52.8 Å². The van der Waals surface area contributed by atoms with Crippen molar-refractivity contribution >= 4 is 11.6 Å². The van der Waals surface area contributed by atoms with Crippen LogP contribution in [0.5, 0.6) is 0 Å². The third-order valence-corrected chi connectivity index (χ3v) is 3.13. The Morgan fingerprint density at radius 1 is 1.50 bits per heavy atom. The predicted octanol–water partition coefficient (Wildman–Crippen LogP) is 2.97. The molecular weight excluding hydrogens is 255 g/mol. The highest BCUT2D eigenvalue weighted by Crippen LogP contribution is 2.22. The summed E-state index contributed by atoms with van der Waals surface area (Å²) in [6.07, 6.45) is 3.02. The van der Waals surface area contributed by atoms with Crippen molar-refractivity contribution in [1.82, 2.24) is 9.55 Å². The summed E-state index contributed by atoms with van der Waals surface area (Å²) in [5.74, 6) is -0.450. The maximum absolute atomic E-state index is 13.0. The Morgan fingerprint density at radius 2 is 2.28 bits per heavy atom. The number of aliphatic hydroxyl groups excluding tert-OH is 1. The van der Waals surface area contributed by atoms with Gasteiger partial charge in [-0.3, -0.25) is 0 Å². The molecule has 0 aliphatic carbocycles. The minimum atomic E-state index is -0.672. The third-order valence-electron chi connectivity index (χ3n) is 2.84. The molecule has 1 aromatic carbocycles. The van der Waals surface area contributed by atoms with Crippen LogP contribution in [-0.2, 0) is 13.0 Å². The van der Waals surface area contributed by atoms with Gasteiger partial charge in [-0.2, -0.15) is 0 Å². The molecule has 0 saturated heterocycles. The second kappa shape index (κ2) is 5.50. The van der Waals surface area contributed by atoms with Gasteiger partial charge in [0.15, 0.2) is 0 Å². The van der Waals surface area contributed by atoms with E-state index >= 15 is 0 Å². The lowest BCUT2D eigenvalue weighted by Gasteiger charge is -2.13. The van der Waals surface area contributed by atoms with Crippen molar-refractivity contribution < 1.29 is 9.50 Å². The van der Waals surface area contributed by atoms with Crippen LogP contribution in [0, 0.1) is 5.82 Å². The lowest BCUT2D eigenvalue weighted by molar-refractivity contribution is 0.169. The molecule has 5 heteroatoms. The highest BCUT2D eigenvalue weighted by molar-refractivity contribution is 6.30. The molecule has 3 nitrogen and oxygen atoms in total. The quantitative estimate of drug-likeness (QED) is 0.926. The maximum Gasteiger partial charge on any atom is 0.141 e. The first-order valence-electron chi connectivity index (χ1n) is 5.73. The molecule has 1 N–H and O–H groups in total. The molecule has 2 rings (SSSR count). The lowest BCUT2D eigenvalue weighted by Crippen LogP contribution is -2.08. The topological polar surface area (TPSA) is 38.0 Å². The first-order valence-corrected chi connectivity index (χ1v) is 6.11. The Kier molecular flexibility index (Phi) is 3.99. The van der Waals surface area contributed by atoms with Crippen LogP contribution in [0.15, 0.2) is 30.7 Å². The molecule has 0 saturated carbocycles. The zero-order valence-corrected chi connectivity index (χ0v) is 10.7. The Bertz CT molecular complexity index is 542. The lowest BCUT2D eigenvalue weighted by atomic mass is 10.1. The summed E-state index contributed by atoms with van der Waals surface area (Å²) in [4.78, 5) is 4.00. The van der Waals surface area contributed by atoms with Gasteiger partial charge < -0.3 is 9.67 Å². The van der Waals surface area contributed by atoms with Gasteiger partial charge in [0.2, 0.25) is 0 Å². The van der Waals surface area contributed by atoms with E-state index in [9.17, 15) is 9.50 Å². The van der Waals surface area contributed by atoms with Gasteiger partial charge in [0.05, 0.1) is 29.3 Å². The molecule has 0 amide bonds. The van der Waals surface area contributed by atoms with Crippen molar-refractivity contribution in [1.29, 1.82) is 0 Å². The molecule has 1 aromatic heterocycles. The van der Waals surface area contributed by atoms with Crippen molar-refractivity contribution in [2.75, 3.05) is 0 Å². The number of aliphatic hydroxyl groups is 1. The maximum atomic E-state index is 13.0. The number of nitrogens with zero attached hydrogens (tertiary/aromatic N) is 2. The zero-order valence-electron chi connectivity index (χ0n) is 9.98. The molecule has 0 fully saturated rings. The minimum absolute atomic E-state index is 0.0729. The number of hydrogen-bond acceptors (Lipinski definition) is 2. The summed E-state index contributed by atoms with van der Waals surface area (Å²) in [6.45, 7) is 2.73. The third kappa shape index (κ3) is 2.71. The number of halogens is 2. The zero-order chi connectivity index (χ0) is 13.1. The second-order valence-electron chi connectivity index (χ2n) is 4.07. The number of imidazole rings is 1. The van der Waals surface area contributed by atoms with Gasteiger partial charge in [-0.1, -0.05) is 17.7 Å². The fraction of sp³-hybridized carbons (Fsp3) is 0.308. The molecule has 0 aliphatic heterocycles. The molecule has 2 aromatic rings. The van der Waals surface area contributed by atoms with E-state index in [0.717, 1.165) is 17.8 Å². The van der Waals surface area contributed by atoms with Crippen molar-refractivity contribution in [3.63, 3.8) is 0 Å². The van der Waals surface area contributed by atoms with Crippen molar-refractivity contribution in [2.24, 2.45) is 0 Å². The SMILES string of the molecule is CCn1cncc1C(O)Cc1ccc(F)c(Cl)c1.